The van der Waals surface area contributed by atoms with Crippen molar-refractivity contribution in [3.63, 3.8) is 0 Å². The Morgan fingerprint density at radius 1 is 1.57 bits per heavy atom. The zero-order valence-electron chi connectivity index (χ0n) is 4.13. The number of likely N-dealkylation sites (N-methyl/N-ethyl adjacent to an activating group) is 1. The summed E-state index contributed by atoms with van der Waals surface area (Å²) in [6.45, 7) is 0.361. The zero-order valence-corrected chi connectivity index (χ0v) is 6.29. The molecular formula is C3H10INO2. The quantitative estimate of drug-likeness (QED) is 0.320. The predicted molar refractivity (Wildman–Crippen MR) is 20.9 cm³/mol. The largest absolute Gasteiger partial charge is 1.00 e. The maximum absolute atomic E-state index is 8.08. The van der Waals surface area contributed by atoms with Gasteiger partial charge in [0, 0.05) is 0 Å². The van der Waals surface area contributed by atoms with Crippen molar-refractivity contribution in [1.29, 1.82) is 0 Å². The van der Waals surface area contributed by atoms with E-state index in [0.29, 0.717) is 6.54 Å². The van der Waals surface area contributed by atoms with Crippen molar-refractivity contribution in [2.24, 2.45) is 0 Å². The molecule has 0 rings (SSSR count). The van der Waals surface area contributed by atoms with Gasteiger partial charge in [-0.05, 0) is 0 Å². The number of hydrogen-bond acceptors (Lipinski definition) is 2. The first-order valence-electron chi connectivity index (χ1n) is 1.91. The molecule has 7 heavy (non-hydrogen) atoms. The minimum absolute atomic E-state index is 0. The molecule has 4 N–H and O–H groups in total. The second-order valence-electron chi connectivity index (χ2n) is 1.12. The van der Waals surface area contributed by atoms with Crippen LogP contribution in [-0.2, 0) is 0 Å². The minimum Gasteiger partial charge on any atom is -1.00 e. The van der Waals surface area contributed by atoms with Crippen molar-refractivity contribution in [2.45, 2.75) is 6.29 Å². The molecule has 0 aromatic rings. The van der Waals surface area contributed by atoms with E-state index in [1.165, 1.54) is 0 Å². The summed E-state index contributed by atoms with van der Waals surface area (Å²) < 4.78 is 0. The predicted octanol–water partition coefficient (Wildman–Crippen LogP) is -5.51. The molecule has 0 aliphatic carbocycles. The first-order valence-corrected chi connectivity index (χ1v) is 1.91. The second kappa shape index (κ2) is 6.61. The molecule has 0 bridgehead atoms. The van der Waals surface area contributed by atoms with Gasteiger partial charge in [0.2, 0.25) is 6.29 Å². The summed E-state index contributed by atoms with van der Waals surface area (Å²) in [5, 5.41) is 17.9. The van der Waals surface area contributed by atoms with Crippen LogP contribution in [0.25, 0.3) is 0 Å². The van der Waals surface area contributed by atoms with Crippen LogP contribution >= 0.6 is 0 Å². The summed E-state index contributed by atoms with van der Waals surface area (Å²) in [4.78, 5) is 0. The summed E-state index contributed by atoms with van der Waals surface area (Å²) in [5.74, 6) is 0. The number of aliphatic hydroxyl groups excluding tert-OH is 1. The number of nitrogens with two attached hydrogens (primary N) is 1. The summed E-state index contributed by atoms with van der Waals surface area (Å²) in [6.07, 6.45) is -1.16. The standard InChI is InChI=1S/C3H9NO2.HI/c1-4-2-3(5)6;/h3-6H,2H2,1H3;1H. The molecule has 4 heteroatoms. The summed E-state index contributed by atoms with van der Waals surface area (Å²) in [7, 11) is 1.78. The van der Waals surface area contributed by atoms with Crippen molar-refractivity contribution in [2.75, 3.05) is 13.6 Å². The van der Waals surface area contributed by atoms with Gasteiger partial charge in [-0.15, -0.1) is 0 Å². The normalized spacial score (nSPS) is 8.57. The highest BCUT2D eigenvalue weighted by Crippen LogP contribution is 1.57. The maximum Gasteiger partial charge on any atom is 0.202 e. The number of aliphatic hydroxyl groups is 2. The van der Waals surface area contributed by atoms with Gasteiger partial charge in [0.1, 0.15) is 6.54 Å². The molecule has 0 saturated carbocycles. The molecule has 0 heterocycles. The summed E-state index contributed by atoms with van der Waals surface area (Å²) in [6, 6.07) is 0. The van der Waals surface area contributed by atoms with Crippen molar-refractivity contribution in [1.82, 2.24) is 0 Å². The molecular weight excluding hydrogens is 209 g/mol. The molecule has 0 spiro atoms. The van der Waals surface area contributed by atoms with Crippen molar-refractivity contribution in [3.05, 3.63) is 0 Å². The number of halogens is 1. The van der Waals surface area contributed by atoms with Gasteiger partial charge in [-0.2, -0.15) is 0 Å². The number of rotatable bonds is 2. The van der Waals surface area contributed by atoms with E-state index in [1.807, 2.05) is 0 Å². The van der Waals surface area contributed by atoms with Crippen LogP contribution < -0.4 is 29.3 Å². The van der Waals surface area contributed by atoms with Crippen LogP contribution in [0.4, 0.5) is 0 Å². The highest BCUT2D eigenvalue weighted by molar-refractivity contribution is 4.19. The van der Waals surface area contributed by atoms with E-state index < -0.39 is 6.29 Å². The second-order valence-corrected chi connectivity index (χ2v) is 1.12. The molecule has 0 aromatic carbocycles. The van der Waals surface area contributed by atoms with Gasteiger partial charge in [-0.3, -0.25) is 0 Å². The lowest BCUT2D eigenvalue weighted by Gasteiger charge is -1.94. The van der Waals surface area contributed by atoms with Crippen molar-refractivity contribution >= 4 is 0 Å². The Bertz CT molecular complexity index is 34.1. The monoisotopic (exact) mass is 219 g/mol. The Hall–Kier alpha value is 0.610. The molecule has 0 saturated heterocycles. The minimum atomic E-state index is -1.16. The first-order chi connectivity index (χ1) is 2.77. The Kier molecular flexibility index (Phi) is 9.98. The molecule has 46 valence electrons. The van der Waals surface area contributed by atoms with Crippen molar-refractivity contribution in [3.8, 4) is 0 Å². The lowest BCUT2D eigenvalue weighted by Crippen LogP contribution is -3.00. The van der Waals surface area contributed by atoms with Gasteiger partial charge in [-0.25, -0.2) is 0 Å². The molecule has 0 aliphatic heterocycles. The fourth-order valence-corrected chi connectivity index (χ4v) is 0.211. The molecule has 0 aliphatic rings. The van der Waals surface area contributed by atoms with E-state index >= 15 is 0 Å². The molecule has 0 aromatic heterocycles. The van der Waals surface area contributed by atoms with Gasteiger partial charge in [-0.1, -0.05) is 0 Å². The van der Waals surface area contributed by atoms with Gasteiger partial charge in [0.25, 0.3) is 0 Å². The molecule has 0 unspecified atom stereocenters. The van der Waals surface area contributed by atoms with Crippen LogP contribution in [0.3, 0.4) is 0 Å². The van der Waals surface area contributed by atoms with Crippen LogP contribution in [0, 0.1) is 0 Å². The fraction of sp³-hybridized carbons (Fsp3) is 1.00. The van der Waals surface area contributed by atoms with Crippen LogP contribution in [0.5, 0.6) is 0 Å². The van der Waals surface area contributed by atoms with Crippen LogP contribution in [0.1, 0.15) is 0 Å². The average molecular weight is 219 g/mol. The summed E-state index contributed by atoms with van der Waals surface area (Å²) in [5.41, 5.74) is 0. The summed E-state index contributed by atoms with van der Waals surface area (Å²) >= 11 is 0. The number of hydrogen-bond donors (Lipinski definition) is 3. The lowest BCUT2D eigenvalue weighted by atomic mass is 10.6. The lowest BCUT2D eigenvalue weighted by molar-refractivity contribution is -0.640. The Morgan fingerprint density at radius 2 is 2.00 bits per heavy atom. The maximum atomic E-state index is 8.08. The van der Waals surface area contributed by atoms with E-state index in [2.05, 4.69) is 0 Å². The third kappa shape index (κ3) is 10.8. The third-order valence-corrected chi connectivity index (χ3v) is 0.447. The SMILES string of the molecule is C[NH2+]CC(O)O.[I-]. The molecule has 0 radical (unpaired) electrons. The molecule has 3 nitrogen and oxygen atoms in total. The van der Waals surface area contributed by atoms with Gasteiger partial charge in [0.05, 0.1) is 7.05 Å². The highest BCUT2D eigenvalue weighted by atomic mass is 127. The topological polar surface area (TPSA) is 57.1 Å². The highest BCUT2D eigenvalue weighted by Gasteiger charge is 1.91. The Morgan fingerprint density at radius 3 is 2.00 bits per heavy atom. The van der Waals surface area contributed by atoms with Gasteiger partial charge < -0.3 is 39.5 Å². The smallest absolute Gasteiger partial charge is 0.202 e. The van der Waals surface area contributed by atoms with Crippen molar-refractivity contribution < 1.29 is 39.5 Å². The zero-order chi connectivity index (χ0) is 4.99. The van der Waals surface area contributed by atoms with E-state index in [-0.39, 0.29) is 24.0 Å². The van der Waals surface area contributed by atoms with Crippen LogP contribution in [-0.4, -0.2) is 30.1 Å². The van der Waals surface area contributed by atoms with Gasteiger partial charge in [0.15, 0.2) is 0 Å². The van der Waals surface area contributed by atoms with E-state index in [0.717, 1.165) is 0 Å². The first kappa shape index (κ1) is 10.6. The average Bonchev–Trinajstić information content (AvgIpc) is 1.35. The van der Waals surface area contributed by atoms with Gasteiger partial charge >= 0.3 is 0 Å². The Labute approximate surface area is 59.8 Å². The third-order valence-electron chi connectivity index (χ3n) is 0.447. The number of quaternary nitrogens is 1. The van der Waals surface area contributed by atoms with E-state index in [1.54, 1.807) is 12.4 Å². The van der Waals surface area contributed by atoms with E-state index in [4.69, 9.17) is 10.2 Å². The molecule has 0 fully saturated rings. The van der Waals surface area contributed by atoms with Crippen LogP contribution in [0.2, 0.25) is 0 Å². The van der Waals surface area contributed by atoms with E-state index in [9.17, 15) is 0 Å². The molecule has 0 atom stereocenters. The van der Waals surface area contributed by atoms with Crippen LogP contribution in [0.15, 0.2) is 0 Å². The fourth-order valence-electron chi connectivity index (χ4n) is 0.211. The Balaban J connectivity index is 0. The molecule has 0 amide bonds.